The standard InChI is InChI=1S/C21H23NO5/c1-12(2)9-18(23)27-19-15(7-8-17(25-3)20(19)26-4)13-5-6-16-14(10-13)11-22-21(16)24/h5-8,10,12H,9,11H2,1-4H3,(H,22,24). The second-order valence-electron chi connectivity index (χ2n) is 6.80. The van der Waals surface area contributed by atoms with Gasteiger partial charge in [-0.05, 0) is 41.3 Å². The van der Waals surface area contributed by atoms with Crippen molar-refractivity contribution in [3.8, 4) is 28.4 Å². The fourth-order valence-electron chi connectivity index (χ4n) is 3.12. The third-order valence-electron chi connectivity index (χ3n) is 4.39. The zero-order chi connectivity index (χ0) is 19.6. The second-order valence-corrected chi connectivity index (χ2v) is 6.80. The van der Waals surface area contributed by atoms with Crippen molar-refractivity contribution in [2.75, 3.05) is 14.2 Å². The van der Waals surface area contributed by atoms with Gasteiger partial charge in [-0.25, -0.2) is 0 Å². The van der Waals surface area contributed by atoms with Crippen molar-refractivity contribution in [1.29, 1.82) is 0 Å². The Hall–Kier alpha value is -3.02. The molecule has 6 nitrogen and oxygen atoms in total. The molecule has 1 N–H and O–H groups in total. The maximum Gasteiger partial charge on any atom is 0.311 e. The number of esters is 1. The van der Waals surface area contributed by atoms with Gasteiger partial charge in [0.2, 0.25) is 5.75 Å². The lowest BCUT2D eigenvalue weighted by Crippen LogP contribution is -2.12. The highest BCUT2D eigenvalue weighted by molar-refractivity contribution is 5.99. The van der Waals surface area contributed by atoms with Crippen LogP contribution in [-0.2, 0) is 11.3 Å². The van der Waals surface area contributed by atoms with Crippen LogP contribution < -0.4 is 19.5 Å². The van der Waals surface area contributed by atoms with Gasteiger partial charge in [-0.1, -0.05) is 19.9 Å². The number of amides is 1. The minimum absolute atomic E-state index is 0.0764. The maximum absolute atomic E-state index is 12.3. The summed E-state index contributed by atoms with van der Waals surface area (Å²) in [6.45, 7) is 4.39. The van der Waals surface area contributed by atoms with E-state index in [0.29, 0.717) is 41.3 Å². The quantitative estimate of drug-likeness (QED) is 0.622. The van der Waals surface area contributed by atoms with Crippen LogP contribution in [0.5, 0.6) is 17.2 Å². The Morgan fingerprint density at radius 3 is 2.48 bits per heavy atom. The molecule has 0 spiro atoms. The zero-order valence-corrected chi connectivity index (χ0v) is 15.9. The van der Waals surface area contributed by atoms with E-state index in [4.69, 9.17) is 14.2 Å². The fourth-order valence-corrected chi connectivity index (χ4v) is 3.12. The van der Waals surface area contributed by atoms with Gasteiger partial charge in [-0.2, -0.15) is 0 Å². The Labute approximate surface area is 158 Å². The molecule has 1 amide bonds. The van der Waals surface area contributed by atoms with Gasteiger partial charge in [-0.3, -0.25) is 9.59 Å². The van der Waals surface area contributed by atoms with Crippen molar-refractivity contribution in [2.45, 2.75) is 26.8 Å². The summed E-state index contributed by atoms with van der Waals surface area (Å²) in [6, 6.07) is 9.14. The summed E-state index contributed by atoms with van der Waals surface area (Å²) in [4.78, 5) is 24.1. The van der Waals surface area contributed by atoms with Crippen LogP contribution in [0.4, 0.5) is 0 Å². The second kappa shape index (κ2) is 7.70. The molecule has 0 bridgehead atoms. The first-order chi connectivity index (χ1) is 12.9. The molecule has 0 aliphatic carbocycles. The molecule has 1 heterocycles. The Morgan fingerprint density at radius 1 is 1.07 bits per heavy atom. The molecule has 0 radical (unpaired) electrons. The van der Waals surface area contributed by atoms with Crippen LogP contribution in [0.1, 0.15) is 36.2 Å². The number of hydrogen-bond donors (Lipinski definition) is 1. The summed E-state index contributed by atoms with van der Waals surface area (Å²) in [5.74, 6) is 0.922. The summed E-state index contributed by atoms with van der Waals surface area (Å²) in [6.07, 6.45) is 0.294. The van der Waals surface area contributed by atoms with Gasteiger partial charge in [0.25, 0.3) is 5.91 Å². The number of rotatable bonds is 6. The molecule has 3 rings (SSSR count). The summed E-state index contributed by atoms with van der Waals surface area (Å²) in [5, 5.41) is 2.80. The van der Waals surface area contributed by atoms with Crippen LogP contribution in [-0.4, -0.2) is 26.1 Å². The number of ether oxygens (including phenoxy) is 3. The lowest BCUT2D eigenvalue weighted by molar-refractivity contribution is -0.135. The molecular weight excluding hydrogens is 346 g/mol. The van der Waals surface area contributed by atoms with E-state index in [9.17, 15) is 9.59 Å². The SMILES string of the molecule is COc1ccc(-c2ccc3c(c2)CNC3=O)c(OC(=O)CC(C)C)c1OC. The minimum atomic E-state index is -0.337. The normalized spacial score (nSPS) is 12.6. The molecule has 0 saturated carbocycles. The van der Waals surface area contributed by atoms with Crippen LogP contribution in [0.3, 0.4) is 0 Å². The number of nitrogens with one attached hydrogen (secondary N) is 1. The number of hydrogen-bond acceptors (Lipinski definition) is 5. The van der Waals surface area contributed by atoms with Gasteiger partial charge in [-0.15, -0.1) is 0 Å². The van der Waals surface area contributed by atoms with Gasteiger partial charge < -0.3 is 19.5 Å². The molecular formula is C21H23NO5. The Kier molecular flexibility index (Phi) is 5.35. The first kappa shape index (κ1) is 18.8. The van der Waals surface area contributed by atoms with Crippen LogP contribution in [0.25, 0.3) is 11.1 Å². The van der Waals surface area contributed by atoms with Crippen molar-refractivity contribution in [2.24, 2.45) is 5.92 Å². The monoisotopic (exact) mass is 369 g/mol. The Morgan fingerprint density at radius 2 is 1.81 bits per heavy atom. The van der Waals surface area contributed by atoms with E-state index in [2.05, 4.69) is 5.32 Å². The van der Waals surface area contributed by atoms with E-state index in [0.717, 1.165) is 11.1 Å². The highest BCUT2D eigenvalue weighted by Gasteiger charge is 2.23. The van der Waals surface area contributed by atoms with Crippen LogP contribution >= 0.6 is 0 Å². The van der Waals surface area contributed by atoms with Crippen molar-refractivity contribution in [1.82, 2.24) is 5.32 Å². The highest BCUT2D eigenvalue weighted by atomic mass is 16.6. The van der Waals surface area contributed by atoms with Crippen LogP contribution in [0.2, 0.25) is 0 Å². The van der Waals surface area contributed by atoms with E-state index in [1.54, 1.807) is 12.1 Å². The lowest BCUT2D eigenvalue weighted by Gasteiger charge is -2.17. The number of carbonyl (C=O) groups is 2. The smallest absolute Gasteiger partial charge is 0.311 e. The number of methoxy groups -OCH3 is 2. The molecule has 2 aromatic carbocycles. The minimum Gasteiger partial charge on any atom is -0.493 e. The Balaban J connectivity index is 2.09. The summed E-state index contributed by atoms with van der Waals surface area (Å²) >= 11 is 0. The predicted octanol–water partition coefficient (Wildman–Crippen LogP) is 3.57. The third-order valence-corrected chi connectivity index (χ3v) is 4.39. The van der Waals surface area contributed by atoms with E-state index < -0.39 is 0 Å². The van der Waals surface area contributed by atoms with E-state index in [-0.39, 0.29) is 17.8 Å². The fraction of sp³-hybridized carbons (Fsp3) is 0.333. The molecule has 1 aliphatic heterocycles. The molecule has 6 heteroatoms. The number of benzene rings is 2. The summed E-state index contributed by atoms with van der Waals surface area (Å²) in [7, 11) is 3.04. The molecule has 27 heavy (non-hydrogen) atoms. The van der Waals surface area contributed by atoms with Crippen molar-refractivity contribution >= 4 is 11.9 Å². The topological polar surface area (TPSA) is 73.9 Å². The van der Waals surface area contributed by atoms with Crippen LogP contribution in [0, 0.1) is 5.92 Å². The van der Waals surface area contributed by atoms with Crippen molar-refractivity contribution < 1.29 is 23.8 Å². The molecule has 2 aromatic rings. The van der Waals surface area contributed by atoms with E-state index >= 15 is 0 Å². The maximum atomic E-state index is 12.3. The first-order valence-corrected chi connectivity index (χ1v) is 8.81. The molecule has 0 atom stereocenters. The summed E-state index contributed by atoms with van der Waals surface area (Å²) < 4.78 is 16.5. The predicted molar refractivity (Wildman–Crippen MR) is 101 cm³/mol. The molecule has 142 valence electrons. The molecule has 1 aliphatic rings. The zero-order valence-electron chi connectivity index (χ0n) is 15.9. The average Bonchev–Trinajstić information content (AvgIpc) is 3.01. The molecule has 0 saturated heterocycles. The van der Waals surface area contributed by atoms with Crippen molar-refractivity contribution in [3.05, 3.63) is 41.5 Å². The molecule has 0 fully saturated rings. The van der Waals surface area contributed by atoms with Gasteiger partial charge in [0, 0.05) is 24.1 Å². The number of fused-ring (bicyclic) bond motifs is 1. The summed E-state index contributed by atoms with van der Waals surface area (Å²) in [5.41, 5.74) is 3.11. The molecule has 0 aromatic heterocycles. The van der Waals surface area contributed by atoms with Gasteiger partial charge in [0.05, 0.1) is 14.2 Å². The largest absolute Gasteiger partial charge is 0.493 e. The van der Waals surface area contributed by atoms with E-state index in [1.807, 2.05) is 32.0 Å². The Bertz CT molecular complexity index is 888. The van der Waals surface area contributed by atoms with Gasteiger partial charge >= 0.3 is 5.97 Å². The highest BCUT2D eigenvalue weighted by Crippen LogP contribution is 2.45. The first-order valence-electron chi connectivity index (χ1n) is 8.81. The lowest BCUT2D eigenvalue weighted by atomic mass is 9.99. The van der Waals surface area contributed by atoms with Crippen molar-refractivity contribution in [3.63, 3.8) is 0 Å². The average molecular weight is 369 g/mol. The van der Waals surface area contributed by atoms with Gasteiger partial charge in [0.15, 0.2) is 11.5 Å². The van der Waals surface area contributed by atoms with E-state index in [1.165, 1.54) is 14.2 Å². The van der Waals surface area contributed by atoms with Crippen LogP contribution in [0.15, 0.2) is 30.3 Å². The number of carbonyl (C=O) groups excluding carboxylic acids is 2. The third kappa shape index (κ3) is 3.74. The van der Waals surface area contributed by atoms with Gasteiger partial charge in [0.1, 0.15) is 0 Å². The molecule has 0 unspecified atom stereocenters.